The average Bonchev–Trinajstić information content (AvgIpc) is 3.14. The summed E-state index contributed by atoms with van der Waals surface area (Å²) in [6.45, 7) is 2.65. The van der Waals surface area contributed by atoms with E-state index in [1.54, 1.807) is 0 Å². The third-order valence-electron chi connectivity index (χ3n) is 8.56. The number of hydrogen-bond acceptors (Lipinski definition) is 9. The van der Waals surface area contributed by atoms with Gasteiger partial charge >= 0.3 is 25.7 Å². The van der Waals surface area contributed by atoms with Crippen LogP contribution in [0.15, 0.2) is 48.6 Å². The molecule has 0 fully saturated rings. The fourth-order valence-electron chi connectivity index (χ4n) is 5.31. The number of ether oxygens (including phenoxy) is 2. The second-order valence-electron chi connectivity index (χ2n) is 13.7. The normalized spacial score (nSPS) is 14.3. The van der Waals surface area contributed by atoms with E-state index >= 15 is 0 Å². The molecule has 0 saturated heterocycles. The Bertz CT molecular complexity index is 1110. The Balaban J connectivity index is 4.44. The van der Waals surface area contributed by atoms with Crippen LogP contribution in [-0.2, 0) is 37.5 Å². The summed E-state index contributed by atoms with van der Waals surface area (Å²) in [5, 5.41) is 8.87. The molecule has 0 bridgehead atoms. The molecule has 4 N–H and O–H groups in total. The van der Waals surface area contributed by atoms with Gasteiger partial charge in [-0.2, -0.15) is 0 Å². The van der Waals surface area contributed by atoms with Gasteiger partial charge in [-0.3, -0.25) is 23.4 Å². The lowest BCUT2D eigenvalue weighted by Crippen LogP contribution is -2.34. The minimum absolute atomic E-state index is 0.139. The number of aliphatic carboxylic acids is 1. The molecule has 0 amide bonds. The first kappa shape index (κ1) is 51.4. The van der Waals surface area contributed by atoms with Crippen LogP contribution >= 0.6 is 7.82 Å². The maximum Gasteiger partial charge on any atom is 0.472 e. The highest BCUT2D eigenvalue weighted by Crippen LogP contribution is 2.43. The van der Waals surface area contributed by atoms with E-state index in [2.05, 4.69) is 67.0 Å². The number of carbonyl (C=O) groups is 3. The molecule has 0 aliphatic rings. The molecule has 11 nitrogen and oxygen atoms in total. The summed E-state index contributed by atoms with van der Waals surface area (Å²) in [5.41, 5.74) is 5.32. The van der Waals surface area contributed by atoms with Crippen molar-refractivity contribution in [3.05, 3.63) is 48.6 Å². The van der Waals surface area contributed by atoms with Gasteiger partial charge in [0.25, 0.3) is 0 Å². The topological polar surface area (TPSA) is 172 Å². The highest BCUT2D eigenvalue weighted by Gasteiger charge is 2.28. The van der Waals surface area contributed by atoms with Crippen molar-refractivity contribution >= 4 is 25.7 Å². The molecular formula is C42H74NO10P. The van der Waals surface area contributed by atoms with Crippen molar-refractivity contribution in [1.29, 1.82) is 0 Å². The van der Waals surface area contributed by atoms with Gasteiger partial charge in [-0.25, -0.2) is 4.57 Å². The Morgan fingerprint density at radius 3 is 1.57 bits per heavy atom. The summed E-state index contributed by atoms with van der Waals surface area (Å²) in [7, 11) is -4.72. The van der Waals surface area contributed by atoms with Gasteiger partial charge in [0, 0.05) is 12.8 Å². The van der Waals surface area contributed by atoms with Crippen molar-refractivity contribution in [2.24, 2.45) is 5.73 Å². The molecule has 0 rings (SSSR count). The highest BCUT2D eigenvalue weighted by molar-refractivity contribution is 7.47. The number of unbranched alkanes of at least 4 members (excludes halogenated alkanes) is 16. The number of carboxylic acid groups (broad SMARTS) is 1. The van der Waals surface area contributed by atoms with Gasteiger partial charge < -0.3 is 25.2 Å². The van der Waals surface area contributed by atoms with Crippen molar-refractivity contribution in [3.8, 4) is 0 Å². The molecule has 0 aromatic carbocycles. The molecule has 0 aliphatic carbocycles. The summed E-state index contributed by atoms with van der Waals surface area (Å²) < 4.78 is 32.6. The molecule has 0 aromatic heterocycles. The van der Waals surface area contributed by atoms with E-state index in [1.807, 2.05) is 0 Å². The summed E-state index contributed by atoms with van der Waals surface area (Å²) >= 11 is 0. The van der Waals surface area contributed by atoms with Gasteiger partial charge in [-0.15, -0.1) is 0 Å². The largest absolute Gasteiger partial charge is 0.480 e. The van der Waals surface area contributed by atoms with Crippen LogP contribution in [0.4, 0.5) is 0 Å². The standard InChI is InChI=1S/C42H74NO10P/c1-3-5-7-9-11-13-15-17-19-21-23-25-27-29-31-33-40(44)50-35-38(36-51-54(48,49)52-37-39(43)42(46)47)53-41(45)34-32-30-28-26-24-22-20-18-16-14-12-10-8-6-4-2/h6,8,12,14,17-20,38-39H,3-5,7,9-11,13,15-16,21-37,43H2,1-2H3,(H,46,47)(H,48,49)/b8-6-,14-12-,19-17-,20-18-. The lowest BCUT2D eigenvalue weighted by molar-refractivity contribution is -0.161. The zero-order valence-corrected chi connectivity index (χ0v) is 34.4. The molecule has 0 aromatic rings. The van der Waals surface area contributed by atoms with Crippen LogP contribution in [0.1, 0.15) is 168 Å². The number of phosphoric acid groups is 1. The summed E-state index contributed by atoms with van der Waals surface area (Å²) in [4.78, 5) is 45.9. The third kappa shape index (κ3) is 36.4. The molecule has 0 spiro atoms. The van der Waals surface area contributed by atoms with Crippen molar-refractivity contribution in [3.63, 3.8) is 0 Å². The summed E-state index contributed by atoms with van der Waals surface area (Å²) in [6, 6.07) is -1.53. The van der Waals surface area contributed by atoms with E-state index in [4.69, 9.17) is 24.8 Å². The van der Waals surface area contributed by atoms with Crippen LogP contribution in [0.25, 0.3) is 0 Å². The molecule has 0 aliphatic heterocycles. The number of phosphoric ester groups is 1. The number of esters is 2. The van der Waals surface area contributed by atoms with Gasteiger partial charge in [0.1, 0.15) is 12.6 Å². The van der Waals surface area contributed by atoms with Gasteiger partial charge in [-0.05, 0) is 70.6 Å². The fraction of sp³-hybridized carbons (Fsp3) is 0.738. The second-order valence-corrected chi connectivity index (χ2v) is 15.2. The first-order chi connectivity index (χ1) is 26.1. The molecule has 312 valence electrons. The molecule has 0 heterocycles. The smallest absolute Gasteiger partial charge is 0.472 e. The van der Waals surface area contributed by atoms with Crippen molar-refractivity contribution in [2.45, 2.75) is 180 Å². The lowest BCUT2D eigenvalue weighted by atomic mass is 10.1. The van der Waals surface area contributed by atoms with E-state index in [0.717, 1.165) is 89.9 Å². The van der Waals surface area contributed by atoms with Crippen LogP contribution < -0.4 is 5.73 Å². The Morgan fingerprint density at radius 2 is 1.04 bits per heavy atom. The number of carbonyl (C=O) groups excluding carboxylic acids is 2. The van der Waals surface area contributed by atoms with Crippen molar-refractivity contribution < 1.29 is 47.5 Å². The predicted molar refractivity (Wildman–Crippen MR) is 217 cm³/mol. The maximum atomic E-state index is 12.6. The molecule has 3 unspecified atom stereocenters. The van der Waals surface area contributed by atoms with E-state index in [9.17, 15) is 23.8 Å². The van der Waals surface area contributed by atoms with Crippen molar-refractivity contribution in [1.82, 2.24) is 0 Å². The number of carboxylic acids is 1. The molecule has 0 radical (unpaired) electrons. The van der Waals surface area contributed by atoms with E-state index in [0.29, 0.717) is 12.8 Å². The first-order valence-electron chi connectivity index (χ1n) is 20.7. The Kier molecular flexibility index (Phi) is 35.6. The van der Waals surface area contributed by atoms with Crippen LogP contribution in [0, 0.1) is 0 Å². The number of rotatable bonds is 38. The zero-order valence-electron chi connectivity index (χ0n) is 33.6. The third-order valence-corrected chi connectivity index (χ3v) is 9.51. The second kappa shape index (κ2) is 37.4. The summed E-state index contributed by atoms with van der Waals surface area (Å²) in [6.07, 6.45) is 40.3. The maximum absolute atomic E-state index is 12.6. The monoisotopic (exact) mass is 784 g/mol. The minimum atomic E-state index is -4.72. The van der Waals surface area contributed by atoms with Gasteiger partial charge in [-0.1, -0.05) is 133 Å². The minimum Gasteiger partial charge on any atom is -0.480 e. The first-order valence-corrected chi connectivity index (χ1v) is 22.2. The Hall–Kier alpha value is -2.56. The van der Waals surface area contributed by atoms with E-state index in [1.165, 1.54) is 38.5 Å². The number of allylic oxidation sites excluding steroid dienone is 8. The average molecular weight is 784 g/mol. The van der Waals surface area contributed by atoms with Crippen LogP contribution in [0.5, 0.6) is 0 Å². The SMILES string of the molecule is CC/C=C\C/C=C\C/C=C\CCCCCCCC(=O)OC(COC(=O)CCCCCCC/C=C\CCCCCCCC)COP(=O)(O)OCC(N)C(=O)O. The van der Waals surface area contributed by atoms with Gasteiger partial charge in [0.15, 0.2) is 6.10 Å². The summed E-state index contributed by atoms with van der Waals surface area (Å²) in [5.74, 6) is -2.41. The lowest BCUT2D eigenvalue weighted by Gasteiger charge is -2.20. The van der Waals surface area contributed by atoms with Gasteiger partial charge in [0.2, 0.25) is 0 Å². The molecule has 3 atom stereocenters. The zero-order chi connectivity index (χ0) is 40.0. The number of nitrogens with two attached hydrogens (primary N) is 1. The predicted octanol–water partition coefficient (Wildman–Crippen LogP) is 10.6. The van der Waals surface area contributed by atoms with Crippen LogP contribution in [0.3, 0.4) is 0 Å². The van der Waals surface area contributed by atoms with Crippen LogP contribution in [-0.4, -0.2) is 59.9 Å². The Labute approximate surface area is 326 Å². The van der Waals surface area contributed by atoms with E-state index < -0.39 is 51.1 Å². The molecule has 12 heteroatoms. The Morgan fingerprint density at radius 1 is 0.593 bits per heavy atom. The van der Waals surface area contributed by atoms with Gasteiger partial charge in [0.05, 0.1) is 13.2 Å². The number of hydrogen-bond donors (Lipinski definition) is 3. The molecule has 54 heavy (non-hydrogen) atoms. The molecular weight excluding hydrogens is 709 g/mol. The van der Waals surface area contributed by atoms with Crippen molar-refractivity contribution in [2.75, 3.05) is 19.8 Å². The quantitative estimate of drug-likeness (QED) is 0.0235. The highest BCUT2D eigenvalue weighted by atomic mass is 31.2. The van der Waals surface area contributed by atoms with Crippen LogP contribution in [0.2, 0.25) is 0 Å². The molecule has 0 saturated carbocycles. The fourth-order valence-corrected chi connectivity index (χ4v) is 6.09. The van der Waals surface area contributed by atoms with E-state index in [-0.39, 0.29) is 19.4 Å².